The molecule has 1 saturated carbocycles. The fourth-order valence-corrected chi connectivity index (χ4v) is 3.66. The van der Waals surface area contributed by atoms with Crippen LogP contribution in [-0.4, -0.2) is 33.9 Å². The smallest absolute Gasteiger partial charge is 0.256 e. The Morgan fingerprint density at radius 2 is 2.04 bits per heavy atom. The van der Waals surface area contributed by atoms with E-state index in [4.69, 9.17) is 11.6 Å². The van der Waals surface area contributed by atoms with Crippen LogP contribution in [0.1, 0.15) is 67.9 Å². The van der Waals surface area contributed by atoms with Crippen molar-refractivity contribution in [3.05, 3.63) is 16.4 Å². The average molecular weight is 342 g/mol. The molecule has 1 aromatic heterocycles. The lowest BCUT2D eigenvalue weighted by Crippen LogP contribution is -2.35. The summed E-state index contributed by atoms with van der Waals surface area (Å²) < 4.78 is 1.54. The predicted octanol–water partition coefficient (Wildman–Crippen LogP) is 3.12. The monoisotopic (exact) mass is 341 g/mol. The number of aliphatic hydroxyl groups excluding tert-OH is 1. The minimum absolute atomic E-state index is 0.114. The Kier molecular flexibility index (Phi) is 6.48. The van der Waals surface area contributed by atoms with Crippen LogP contribution in [0.3, 0.4) is 0 Å². The molecule has 1 atom stereocenters. The summed E-state index contributed by atoms with van der Waals surface area (Å²) in [4.78, 5) is 12.6. The van der Waals surface area contributed by atoms with Crippen molar-refractivity contribution in [1.29, 1.82) is 0 Å². The number of nitrogens with one attached hydrogen (secondary N) is 1. The van der Waals surface area contributed by atoms with Crippen molar-refractivity contribution in [3.63, 3.8) is 0 Å². The Morgan fingerprint density at radius 3 is 2.61 bits per heavy atom. The van der Waals surface area contributed by atoms with E-state index in [-0.39, 0.29) is 24.3 Å². The summed E-state index contributed by atoms with van der Waals surface area (Å²) in [6, 6.07) is 0. The van der Waals surface area contributed by atoms with Gasteiger partial charge in [-0.15, -0.1) is 0 Å². The summed E-state index contributed by atoms with van der Waals surface area (Å²) in [6.45, 7) is 4.59. The molecule has 0 aromatic carbocycles. The van der Waals surface area contributed by atoms with E-state index in [1.54, 1.807) is 7.05 Å². The number of halogens is 1. The fraction of sp³-hybridized carbons (Fsp3) is 0.765. The standard InChI is InChI=1S/C17H28ClN3O2/c1-11(2)15-14(16(18)21(3)20-15)17(23)19-9-13(10-22)12-7-5-4-6-8-12/h11-13,22H,4-10H2,1-3H3,(H,19,23). The van der Waals surface area contributed by atoms with Gasteiger partial charge in [-0.3, -0.25) is 9.48 Å². The van der Waals surface area contributed by atoms with Crippen LogP contribution in [0.2, 0.25) is 5.15 Å². The quantitative estimate of drug-likeness (QED) is 0.835. The van der Waals surface area contributed by atoms with E-state index in [2.05, 4.69) is 10.4 Å². The van der Waals surface area contributed by atoms with Crippen molar-refractivity contribution in [3.8, 4) is 0 Å². The molecule has 1 fully saturated rings. The van der Waals surface area contributed by atoms with E-state index in [0.29, 0.717) is 28.9 Å². The zero-order valence-corrected chi connectivity index (χ0v) is 15.1. The van der Waals surface area contributed by atoms with E-state index in [9.17, 15) is 9.90 Å². The van der Waals surface area contributed by atoms with E-state index in [1.807, 2.05) is 13.8 Å². The average Bonchev–Trinajstić information content (AvgIpc) is 2.85. The van der Waals surface area contributed by atoms with Crippen LogP contribution in [0.4, 0.5) is 0 Å². The van der Waals surface area contributed by atoms with Crippen molar-refractivity contribution in [1.82, 2.24) is 15.1 Å². The van der Waals surface area contributed by atoms with Crippen molar-refractivity contribution in [2.45, 2.75) is 51.9 Å². The maximum atomic E-state index is 12.6. The minimum atomic E-state index is -0.193. The summed E-state index contributed by atoms with van der Waals surface area (Å²) in [7, 11) is 1.74. The summed E-state index contributed by atoms with van der Waals surface area (Å²) in [5, 5.41) is 17.3. The van der Waals surface area contributed by atoms with Crippen molar-refractivity contribution in [2.75, 3.05) is 13.2 Å². The zero-order valence-electron chi connectivity index (χ0n) is 14.3. The van der Waals surface area contributed by atoms with Gasteiger partial charge in [0.15, 0.2) is 0 Å². The first-order valence-electron chi connectivity index (χ1n) is 8.57. The Labute approximate surface area is 143 Å². The van der Waals surface area contributed by atoms with E-state index in [0.717, 1.165) is 12.8 Å². The number of rotatable bonds is 6. The maximum Gasteiger partial charge on any atom is 0.256 e. The van der Waals surface area contributed by atoms with Crippen LogP contribution in [0.15, 0.2) is 0 Å². The molecule has 2 N–H and O–H groups in total. The van der Waals surface area contributed by atoms with Gasteiger partial charge in [0.25, 0.3) is 5.91 Å². The van der Waals surface area contributed by atoms with Crippen LogP contribution in [0.25, 0.3) is 0 Å². The molecule has 130 valence electrons. The molecule has 0 spiro atoms. The summed E-state index contributed by atoms with van der Waals surface area (Å²) >= 11 is 6.24. The summed E-state index contributed by atoms with van der Waals surface area (Å²) in [5.74, 6) is 0.558. The molecule has 1 aliphatic rings. The largest absolute Gasteiger partial charge is 0.396 e. The molecule has 2 rings (SSSR count). The number of nitrogens with zero attached hydrogens (tertiary/aromatic N) is 2. The number of carbonyl (C=O) groups is 1. The zero-order chi connectivity index (χ0) is 17.0. The molecule has 1 heterocycles. The van der Waals surface area contributed by atoms with Gasteiger partial charge < -0.3 is 10.4 Å². The summed E-state index contributed by atoms with van der Waals surface area (Å²) in [5.41, 5.74) is 1.18. The van der Waals surface area contributed by atoms with Crippen LogP contribution >= 0.6 is 11.6 Å². The van der Waals surface area contributed by atoms with Gasteiger partial charge >= 0.3 is 0 Å². The summed E-state index contributed by atoms with van der Waals surface area (Å²) in [6.07, 6.45) is 6.02. The third kappa shape index (κ3) is 4.27. The first-order chi connectivity index (χ1) is 11.0. The van der Waals surface area contributed by atoms with E-state index < -0.39 is 0 Å². The molecule has 0 bridgehead atoms. The van der Waals surface area contributed by atoms with Crippen LogP contribution in [0.5, 0.6) is 0 Å². The molecule has 5 nitrogen and oxygen atoms in total. The minimum Gasteiger partial charge on any atom is -0.396 e. The highest BCUT2D eigenvalue weighted by atomic mass is 35.5. The Morgan fingerprint density at radius 1 is 1.39 bits per heavy atom. The Bertz CT molecular complexity index is 536. The van der Waals surface area contributed by atoms with E-state index in [1.165, 1.54) is 23.9 Å². The molecule has 0 aliphatic heterocycles. The highest BCUT2D eigenvalue weighted by molar-refractivity contribution is 6.33. The van der Waals surface area contributed by atoms with Crippen LogP contribution in [0, 0.1) is 11.8 Å². The first kappa shape index (κ1) is 18.3. The number of aromatic nitrogens is 2. The molecule has 0 saturated heterocycles. The normalized spacial score (nSPS) is 17.5. The second kappa shape index (κ2) is 8.15. The number of amides is 1. The molecular weight excluding hydrogens is 314 g/mol. The van der Waals surface area contributed by atoms with Gasteiger partial charge in [-0.2, -0.15) is 5.10 Å². The van der Waals surface area contributed by atoms with Gasteiger partial charge in [-0.1, -0.05) is 57.6 Å². The number of aryl methyl sites for hydroxylation is 1. The third-order valence-electron chi connectivity index (χ3n) is 4.85. The highest BCUT2D eigenvalue weighted by Crippen LogP contribution is 2.30. The topological polar surface area (TPSA) is 67.2 Å². The SMILES string of the molecule is CC(C)c1nn(C)c(Cl)c1C(=O)NCC(CO)C1CCCCC1. The number of carbonyl (C=O) groups excluding carboxylic acids is 1. The molecule has 1 unspecified atom stereocenters. The van der Waals surface area contributed by atoms with Crippen LogP contribution < -0.4 is 5.32 Å². The van der Waals surface area contributed by atoms with Gasteiger partial charge in [0, 0.05) is 26.1 Å². The number of hydrogen-bond donors (Lipinski definition) is 2. The van der Waals surface area contributed by atoms with Crippen molar-refractivity contribution in [2.24, 2.45) is 18.9 Å². The Hall–Kier alpha value is -1.07. The first-order valence-corrected chi connectivity index (χ1v) is 8.94. The molecular formula is C17H28ClN3O2. The lowest BCUT2D eigenvalue weighted by molar-refractivity contribution is 0.0913. The predicted molar refractivity (Wildman–Crippen MR) is 91.8 cm³/mol. The molecule has 1 aliphatic carbocycles. The molecule has 23 heavy (non-hydrogen) atoms. The van der Waals surface area contributed by atoms with Crippen molar-refractivity contribution < 1.29 is 9.90 Å². The van der Waals surface area contributed by atoms with Gasteiger partial charge in [-0.25, -0.2) is 0 Å². The van der Waals surface area contributed by atoms with E-state index >= 15 is 0 Å². The lowest BCUT2D eigenvalue weighted by Gasteiger charge is -2.29. The second-order valence-electron chi connectivity index (χ2n) is 6.88. The molecule has 1 amide bonds. The van der Waals surface area contributed by atoms with Gasteiger partial charge in [0.2, 0.25) is 0 Å². The van der Waals surface area contributed by atoms with Gasteiger partial charge in [0.1, 0.15) is 5.15 Å². The second-order valence-corrected chi connectivity index (χ2v) is 7.24. The van der Waals surface area contributed by atoms with Gasteiger partial charge in [0.05, 0.1) is 11.3 Å². The Balaban J connectivity index is 2.04. The maximum absolute atomic E-state index is 12.6. The fourth-order valence-electron chi connectivity index (χ4n) is 3.44. The van der Waals surface area contributed by atoms with Crippen molar-refractivity contribution >= 4 is 17.5 Å². The number of hydrogen-bond acceptors (Lipinski definition) is 3. The van der Waals surface area contributed by atoms with Gasteiger partial charge in [-0.05, 0) is 11.8 Å². The third-order valence-corrected chi connectivity index (χ3v) is 5.29. The lowest BCUT2D eigenvalue weighted by atomic mass is 9.80. The molecule has 6 heteroatoms. The molecule has 1 aromatic rings. The highest BCUT2D eigenvalue weighted by Gasteiger charge is 2.26. The number of aliphatic hydroxyl groups is 1. The van der Waals surface area contributed by atoms with Crippen LogP contribution in [-0.2, 0) is 7.05 Å². The molecule has 0 radical (unpaired) electrons.